The van der Waals surface area contributed by atoms with Crippen molar-refractivity contribution in [2.45, 2.75) is 32.1 Å². The molecule has 2 heterocycles. The molecule has 4 heteroatoms. The van der Waals surface area contributed by atoms with E-state index in [1.165, 1.54) is 32.1 Å². The normalized spacial score (nSPS) is 29.6. The number of anilines is 1. The topological polar surface area (TPSA) is 36.4 Å². The highest BCUT2D eigenvalue weighted by Crippen LogP contribution is 2.45. The molecule has 1 N–H and O–H groups in total. The lowest BCUT2D eigenvalue weighted by molar-refractivity contribution is 0.0904. The van der Waals surface area contributed by atoms with Gasteiger partial charge >= 0.3 is 0 Å². The number of thiazole rings is 1. The summed E-state index contributed by atoms with van der Waals surface area (Å²) in [5.41, 5.74) is 0.144. The average molecular weight is 252 g/mol. The van der Waals surface area contributed by atoms with Crippen LogP contribution in [0.5, 0.6) is 0 Å². The van der Waals surface area contributed by atoms with Gasteiger partial charge in [0.15, 0.2) is 5.13 Å². The third-order valence-electron chi connectivity index (χ3n) is 4.11. The Kier molecular flexibility index (Phi) is 3.09. The van der Waals surface area contributed by atoms with Crippen LogP contribution in [0.25, 0.3) is 0 Å². The second kappa shape index (κ2) is 4.58. The van der Waals surface area contributed by atoms with Crippen LogP contribution in [0.15, 0.2) is 11.6 Å². The summed E-state index contributed by atoms with van der Waals surface area (Å²) in [7, 11) is 0. The molecule has 17 heavy (non-hydrogen) atoms. The van der Waals surface area contributed by atoms with Crippen LogP contribution < -0.4 is 4.90 Å². The fraction of sp³-hybridized carbons (Fsp3) is 0.769. The zero-order valence-corrected chi connectivity index (χ0v) is 11.0. The molecule has 2 aliphatic rings. The van der Waals surface area contributed by atoms with E-state index in [4.69, 9.17) is 0 Å². The molecule has 1 aliphatic carbocycles. The summed E-state index contributed by atoms with van der Waals surface area (Å²) in [5.74, 6) is 0.887. The predicted molar refractivity (Wildman–Crippen MR) is 70.4 cm³/mol. The predicted octanol–water partition coefficient (Wildman–Crippen LogP) is 2.52. The quantitative estimate of drug-likeness (QED) is 0.894. The van der Waals surface area contributed by atoms with E-state index in [0.29, 0.717) is 6.61 Å². The van der Waals surface area contributed by atoms with Gasteiger partial charge in [-0.25, -0.2) is 4.98 Å². The second-order valence-corrected chi connectivity index (χ2v) is 6.52. The molecule has 3 rings (SSSR count). The Morgan fingerprint density at radius 2 is 2.41 bits per heavy atom. The fourth-order valence-electron chi connectivity index (χ4n) is 3.04. The number of aromatic nitrogens is 1. The minimum atomic E-state index is 0.144. The molecular weight excluding hydrogens is 232 g/mol. The van der Waals surface area contributed by atoms with E-state index in [1.54, 1.807) is 11.3 Å². The molecule has 0 spiro atoms. The standard InChI is InChI=1S/C13H20N2OS/c16-10-13(8-11-2-3-11)4-1-6-15(9-13)12-14-5-7-17-12/h5,7,11,16H,1-4,6,8-10H2. The van der Waals surface area contributed by atoms with E-state index >= 15 is 0 Å². The van der Waals surface area contributed by atoms with Crippen LogP contribution in [0, 0.1) is 11.3 Å². The van der Waals surface area contributed by atoms with Crippen LogP contribution in [-0.4, -0.2) is 29.8 Å². The summed E-state index contributed by atoms with van der Waals surface area (Å²) in [6.07, 6.45) is 8.20. The van der Waals surface area contributed by atoms with Crippen molar-refractivity contribution in [3.63, 3.8) is 0 Å². The van der Waals surface area contributed by atoms with Gasteiger partial charge in [-0.1, -0.05) is 12.8 Å². The van der Waals surface area contributed by atoms with Crippen molar-refractivity contribution < 1.29 is 5.11 Å². The van der Waals surface area contributed by atoms with Crippen LogP contribution in [0.4, 0.5) is 5.13 Å². The molecule has 3 nitrogen and oxygen atoms in total. The third kappa shape index (κ3) is 2.47. The molecule has 0 amide bonds. The van der Waals surface area contributed by atoms with Gasteiger partial charge in [0.05, 0.1) is 6.61 Å². The van der Waals surface area contributed by atoms with Crippen LogP contribution in [0.2, 0.25) is 0 Å². The van der Waals surface area contributed by atoms with Crippen molar-refractivity contribution in [2.75, 3.05) is 24.6 Å². The van der Waals surface area contributed by atoms with Gasteiger partial charge in [0, 0.05) is 30.1 Å². The highest BCUT2D eigenvalue weighted by Gasteiger charge is 2.40. The zero-order chi connectivity index (χ0) is 11.7. The van der Waals surface area contributed by atoms with E-state index in [1.807, 2.05) is 11.6 Å². The zero-order valence-electron chi connectivity index (χ0n) is 10.1. The van der Waals surface area contributed by atoms with Crippen molar-refractivity contribution in [3.8, 4) is 0 Å². The highest BCUT2D eigenvalue weighted by atomic mass is 32.1. The first kappa shape index (κ1) is 11.5. The molecule has 2 fully saturated rings. The summed E-state index contributed by atoms with van der Waals surface area (Å²) in [6.45, 7) is 2.43. The lowest BCUT2D eigenvalue weighted by Gasteiger charge is -2.42. The number of nitrogens with zero attached hydrogens (tertiary/aromatic N) is 2. The Hall–Kier alpha value is -0.610. The maximum absolute atomic E-state index is 9.79. The van der Waals surface area contributed by atoms with Gasteiger partial charge in [0.2, 0.25) is 0 Å². The second-order valence-electron chi connectivity index (χ2n) is 5.65. The van der Waals surface area contributed by atoms with Crippen LogP contribution in [0.1, 0.15) is 32.1 Å². The largest absolute Gasteiger partial charge is 0.396 e. The molecule has 1 aromatic rings. The van der Waals surface area contributed by atoms with E-state index in [2.05, 4.69) is 9.88 Å². The Morgan fingerprint density at radius 3 is 3.06 bits per heavy atom. The van der Waals surface area contributed by atoms with E-state index in [-0.39, 0.29) is 5.41 Å². The number of aliphatic hydroxyl groups excluding tert-OH is 1. The maximum atomic E-state index is 9.79. The van der Waals surface area contributed by atoms with Gasteiger partial charge in [0.1, 0.15) is 0 Å². The summed E-state index contributed by atoms with van der Waals surface area (Å²) < 4.78 is 0. The van der Waals surface area contributed by atoms with E-state index < -0.39 is 0 Å². The molecule has 1 unspecified atom stereocenters. The van der Waals surface area contributed by atoms with Crippen molar-refractivity contribution >= 4 is 16.5 Å². The fourth-order valence-corrected chi connectivity index (χ4v) is 3.71. The van der Waals surface area contributed by atoms with Gasteiger partial charge < -0.3 is 10.0 Å². The minimum absolute atomic E-state index is 0.144. The van der Waals surface area contributed by atoms with Crippen molar-refractivity contribution in [1.82, 2.24) is 4.98 Å². The molecule has 1 aromatic heterocycles. The Bertz CT molecular complexity index is 364. The van der Waals surface area contributed by atoms with Gasteiger partial charge in [-0.05, 0) is 25.2 Å². The molecule has 1 aliphatic heterocycles. The van der Waals surface area contributed by atoms with Crippen molar-refractivity contribution in [3.05, 3.63) is 11.6 Å². The lowest BCUT2D eigenvalue weighted by atomic mass is 9.76. The van der Waals surface area contributed by atoms with Gasteiger partial charge in [-0.15, -0.1) is 11.3 Å². The van der Waals surface area contributed by atoms with Gasteiger partial charge in [0.25, 0.3) is 0 Å². The minimum Gasteiger partial charge on any atom is -0.396 e. The Labute approximate surface area is 106 Å². The van der Waals surface area contributed by atoms with E-state index in [9.17, 15) is 5.11 Å². The lowest BCUT2D eigenvalue weighted by Crippen LogP contribution is -2.45. The van der Waals surface area contributed by atoms with Crippen LogP contribution in [-0.2, 0) is 0 Å². The molecule has 0 aromatic carbocycles. The molecule has 0 bridgehead atoms. The molecule has 1 atom stereocenters. The van der Waals surface area contributed by atoms with Crippen molar-refractivity contribution in [1.29, 1.82) is 0 Å². The van der Waals surface area contributed by atoms with Gasteiger partial charge in [-0.2, -0.15) is 0 Å². The molecule has 1 saturated carbocycles. The number of hydrogen-bond donors (Lipinski definition) is 1. The van der Waals surface area contributed by atoms with Crippen molar-refractivity contribution in [2.24, 2.45) is 11.3 Å². The summed E-state index contributed by atoms with van der Waals surface area (Å²) in [4.78, 5) is 6.77. The van der Waals surface area contributed by atoms with Crippen LogP contribution >= 0.6 is 11.3 Å². The molecular formula is C13H20N2OS. The molecule has 0 radical (unpaired) electrons. The highest BCUT2D eigenvalue weighted by molar-refractivity contribution is 7.13. The maximum Gasteiger partial charge on any atom is 0.185 e. The Balaban J connectivity index is 1.72. The SMILES string of the molecule is OCC1(CC2CC2)CCCN(c2nccs2)C1. The first-order valence-corrected chi connectivity index (χ1v) is 7.45. The summed E-state index contributed by atoms with van der Waals surface area (Å²) in [5, 5.41) is 12.9. The number of piperidine rings is 1. The first-order chi connectivity index (χ1) is 8.31. The summed E-state index contributed by atoms with van der Waals surface area (Å²) >= 11 is 1.71. The van der Waals surface area contributed by atoms with E-state index in [0.717, 1.165) is 24.1 Å². The molecule has 94 valence electrons. The number of aliphatic hydroxyl groups is 1. The smallest absolute Gasteiger partial charge is 0.185 e. The number of rotatable bonds is 4. The monoisotopic (exact) mass is 252 g/mol. The Morgan fingerprint density at radius 1 is 1.53 bits per heavy atom. The number of hydrogen-bond acceptors (Lipinski definition) is 4. The first-order valence-electron chi connectivity index (χ1n) is 6.57. The average Bonchev–Trinajstić information content (AvgIpc) is 2.99. The molecule has 1 saturated heterocycles. The van der Waals surface area contributed by atoms with Crippen LogP contribution in [0.3, 0.4) is 0 Å². The third-order valence-corrected chi connectivity index (χ3v) is 4.94. The van der Waals surface area contributed by atoms with Gasteiger partial charge in [-0.3, -0.25) is 0 Å². The summed E-state index contributed by atoms with van der Waals surface area (Å²) in [6, 6.07) is 0.